The summed E-state index contributed by atoms with van der Waals surface area (Å²) >= 11 is 0. The number of carbonyl (C=O) groups is 2. The van der Waals surface area contributed by atoms with Crippen LogP contribution in [0, 0.1) is 0 Å². The zero-order valence-electron chi connectivity index (χ0n) is 10.7. The number of carbonyl (C=O) groups excluding carboxylic acids is 1. The summed E-state index contributed by atoms with van der Waals surface area (Å²) in [5.41, 5.74) is 0.968. The zero-order valence-corrected chi connectivity index (χ0v) is 10.7. The van der Waals surface area contributed by atoms with Crippen LogP contribution in [-0.2, 0) is 4.74 Å². The van der Waals surface area contributed by atoms with Gasteiger partial charge in [0.05, 0.1) is 12.7 Å². The van der Waals surface area contributed by atoms with Gasteiger partial charge in [-0.25, -0.2) is 14.6 Å². The van der Waals surface area contributed by atoms with Crippen molar-refractivity contribution in [3.63, 3.8) is 0 Å². The lowest BCUT2D eigenvalue weighted by molar-refractivity contribution is 0.0599. The van der Waals surface area contributed by atoms with E-state index in [0.717, 1.165) is 0 Å². The summed E-state index contributed by atoms with van der Waals surface area (Å²) in [5, 5.41) is 11.9. The van der Waals surface area contributed by atoms with Crippen LogP contribution in [0.25, 0.3) is 0 Å². The molecule has 6 nitrogen and oxygen atoms in total. The van der Waals surface area contributed by atoms with Crippen LogP contribution in [0.4, 0.5) is 11.5 Å². The molecule has 1 heterocycles. The molecule has 0 amide bonds. The van der Waals surface area contributed by atoms with Gasteiger partial charge in [0, 0.05) is 11.9 Å². The summed E-state index contributed by atoms with van der Waals surface area (Å²) < 4.78 is 4.63. The van der Waals surface area contributed by atoms with Gasteiger partial charge in [-0.05, 0) is 30.3 Å². The van der Waals surface area contributed by atoms with E-state index in [-0.39, 0.29) is 11.4 Å². The van der Waals surface area contributed by atoms with Gasteiger partial charge in [-0.2, -0.15) is 0 Å². The maximum absolute atomic E-state index is 11.4. The molecule has 0 radical (unpaired) electrons. The number of nitrogens with zero attached hydrogens (tertiary/aromatic N) is 1. The van der Waals surface area contributed by atoms with Crippen LogP contribution >= 0.6 is 0 Å². The van der Waals surface area contributed by atoms with Gasteiger partial charge in [0.2, 0.25) is 0 Å². The minimum absolute atomic E-state index is 0.0518. The Morgan fingerprint density at radius 3 is 2.75 bits per heavy atom. The van der Waals surface area contributed by atoms with Crippen molar-refractivity contribution in [2.45, 2.75) is 0 Å². The zero-order chi connectivity index (χ0) is 14.5. The first-order valence-corrected chi connectivity index (χ1v) is 5.75. The molecule has 0 aliphatic rings. The van der Waals surface area contributed by atoms with Crippen molar-refractivity contribution >= 4 is 23.4 Å². The Balaban J connectivity index is 2.31. The maximum Gasteiger partial charge on any atom is 0.339 e. The van der Waals surface area contributed by atoms with Gasteiger partial charge < -0.3 is 15.2 Å². The molecule has 2 rings (SSSR count). The third-order valence-electron chi connectivity index (χ3n) is 2.58. The van der Waals surface area contributed by atoms with Crippen LogP contribution in [0.5, 0.6) is 0 Å². The maximum atomic E-state index is 11.4. The fourth-order valence-electron chi connectivity index (χ4n) is 1.66. The Bertz CT molecular complexity index is 655. The number of hydrogen-bond acceptors (Lipinski definition) is 5. The number of benzene rings is 1. The number of carboxylic acids is 1. The SMILES string of the molecule is COC(=O)c1cccc(Nc2ncccc2C(=O)O)c1. The Kier molecular flexibility index (Phi) is 3.95. The van der Waals surface area contributed by atoms with Crippen molar-refractivity contribution in [1.29, 1.82) is 0 Å². The molecule has 1 aromatic carbocycles. The van der Waals surface area contributed by atoms with Gasteiger partial charge in [-0.1, -0.05) is 6.07 Å². The van der Waals surface area contributed by atoms with Crippen molar-refractivity contribution in [2.75, 3.05) is 12.4 Å². The first-order chi connectivity index (χ1) is 9.61. The minimum Gasteiger partial charge on any atom is -0.478 e. The third-order valence-corrected chi connectivity index (χ3v) is 2.58. The van der Waals surface area contributed by atoms with Crippen molar-refractivity contribution < 1.29 is 19.4 Å². The normalized spacial score (nSPS) is 9.85. The van der Waals surface area contributed by atoms with Crippen LogP contribution in [0.2, 0.25) is 0 Å². The minimum atomic E-state index is -1.08. The van der Waals surface area contributed by atoms with E-state index in [1.54, 1.807) is 30.3 Å². The summed E-state index contributed by atoms with van der Waals surface area (Å²) in [4.78, 5) is 26.5. The van der Waals surface area contributed by atoms with Crippen molar-refractivity contribution in [3.8, 4) is 0 Å². The average molecular weight is 272 g/mol. The molecular weight excluding hydrogens is 260 g/mol. The molecule has 20 heavy (non-hydrogen) atoms. The first kappa shape index (κ1) is 13.5. The van der Waals surface area contributed by atoms with E-state index in [1.165, 1.54) is 19.4 Å². The monoisotopic (exact) mass is 272 g/mol. The lowest BCUT2D eigenvalue weighted by Crippen LogP contribution is -2.05. The number of carboxylic acid groups (broad SMARTS) is 1. The molecule has 1 aromatic heterocycles. The third kappa shape index (κ3) is 2.92. The van der Waals surface area contributed by atoms with Gasteiger partial charge >= 0.3 is 11.9 Å². The number of pyridine rings is 1. The second-order valence-corrected chi connectivity index (χ2v) is 3.90. The molecule has 102 valence electrons. The van der Waals surface area contributed by atoms with Gasteiger partial charge in [-0.3, -0.25) is 0 Å². The summed E-state index contributed by atoms with van der Waals surface area (Å²) in [7, 11) is 1.30. The van der Waals surface area contributed by atoms with Crippen LogP contribution in [0.3, 0.4) is 0 Å². The predicted molar refractivity (Wildman–Crippen MR) is 72.3 cm³/mol. The highest BCUT2D eigenvalue weighted by atomic mass is 16.5. The second-order valence-electron chi connectivity index (χ2n) is 3.90. The molecular formula is C14H12N2O4. The van der Waals surface area contributed by atoms with E-state index in [9.17, 15) is 9.59 Å². The largest absolute Gasteiger partial charge is 0.478 e. The molecule has 0 atom stereocenters. The molecule has 0 spiro atoms. The summed E-state index contributed by atoms with van der Waals surface area (Å²) in [6, 6.07) is 9.52. The van der Waals surface area contributed by atoms with Gasteiger partial charge in [0.1, 0.15) is 11.4 Å². The summed E-state index contributed by atoms with van der Waals surface area (Å²) in [6.45, 7) is 0. The second kappa shape index (κ2) is 5.83. The number of anilines is 2. The van der Waals surface area contributed by atoms with Crippen LogP contribution in [-0.4, -0.2) is 29.1 Å². The smallest absolute Gasteiger partial charge is 0.339 e. The number of ether oxygens (including phenoxy) is 1. The molecule has 0 fully saturated rings. The molecule has 2 N–H and O–H groups in total. The highest BCUT2D eigenvalue weighted by molar-refractivity contribution is 5.94. The lowest BCUT2D eigenvalue weighted by atomic mass is 10.2. The number of esters is 1. The summed E-state index contributed by atoms with van der Waals surface area (Å²) in [6.07, 6.45) is 1.49. The number of nitrogens with one attached hydrogen (secondary N) is 1. The molecule has 0 saturated carbocycles. The lowest BCUT2D eigenvalue weighted by Gasteiger charge is -2.09. The Morgan fingerprint density at radius 2 is 2.05 bits per heavy atom. The molecule has 6 heteroatoms. The average Bonchev–Trinajstić information content (AvgIpc) is 2.47. The molecule has 2 aromatic rings. The fraction of sp³-hybridized carbons (Fsp3) is 0.0714. The molecule has 0 bridgehead atoms. The Morgan fingerprint density at radius 1 is 1.25 bits per heavy atom. The quantitative estimate of drug-likeness (QED) is 0.830. The molecule has 0 aliphatic heterocycles. The van der Waals surface area contributed by atoms with Crippen LogP contribution < -0.4 is 5.32 Å². The first-order valence-electron chi connectivity index (χ1n) is 5.75. The van der Waals surface area contributed by atoms with Crippen molar-refractivity contribution in [1.82, 2.24) is 4.98 Å². The number of hydrogen-bond donors (Lipinski definition) is 2. The van der Waals surface area contributed by atoms with E-state index in [0.29, 0.717) is 11.3 Å². The van der Waals surface area contributed by atoms with Crippen molar-refractivity contribution in [2.24, 2.45) is 0 Å². The number of aromatic nitrogens is 1. The Labute approximate surface area is 115 Å². The highest BCUT2D eigenvalue weighted by Crippen LogP contribution is 2.19. The fourth-order valence-corrected chi connectivity index (χ4v) is 1.66. The summed E-state index contributed by atoms with van der Waals surface area (Å²) in [5.74, 6) is -1.33. The van der Waals surface area contributed by atoms with Crippen molar-refractivity contribution in [3.05, 3.63) is 53.7 Å². The van der Waals surface area contributed by atoms with Gasteiger partial charge in [0.15, 0.2) is 0 Å². The van der Waals surface area contributed by atoms with E-state index in [1.807, 2.05) is 0 Å². The highest BCUT2D eigenvalue weighted by Gasteiger charge is 2.11. The van der Waals surface area contributed by atoms with E-state index < -0.39 is 11.9 Å². The Hall–Kier alpha value is -2.89. The molecule has 0 aliphatic carbocycles. The topological polar surface area (TPSA) is 88.5 Å². The van der Waals surface area contributed by atoms with E-state index >= 15 is 0 Å². The molecule has 0 saturated heterocycles. The number of aromatic carboxylic acids is 1. The number of methoxy groups -OCH3 is 1. The number of rotatable bonds is 4. The van der Waals surface area contributed by atoms with Crippen LogP contribution in [0.1, 0.15) is 20.7 Å². The van der Waals surface area contributed by atoms with Crippen LogP contribution in [0.15, 0.2) is 42.6 Å². The van der Waals surface area contributed by atoms with Gasteiger partial charge in [-0.15, -0.1) is 0 Å². The predicted octanol–water partition coefficient (Wildman–Crippen LogP) is 2.31. The van der Waals surface area contributed by atoms with E-state index in [2.05, 4.69) is 15.0 Å². The standard InChI is InChI=1S/C14H12N2O4/c1-20-14(19)9-4-2-5-10(8-9)16-12-11(13(17)18)6-3-7-15-12/h2-8H,1H3,(H,15,16)(H,17,18). The van der Waals surface area contributed by atoms with Gasteiger partial charge in [0.25, 0.3) is 0 Å². The molecule has 0 unspecified atom stereocenters. The van der Waals surface area contributed by atoms with E-state index in [4.69, 9.17) is 5.11 Å².